The molecule has 170 valence electrons. The van der Waals surface area contributed by atoms with Gasteiger partial charge in [0.2, 0.25) is 5.91 Å². The average molecular weight is 428 g/mol. The van der Waals surface area contributed by atoms with Crippen LogP contribution in [-0.2, 0) is 11.2 Å². The Hall–Kier alpha value is -2.12. The van der Waals surface area contributed by atoms with E-state index < -0.39 is 0 Å². The lowest BCUT2D eigenvalue weighted by molar-refractivity contribution is -0.137. The van der Waals surface area contributed by atoms with Crippen molar-refractivity contribution >= 4 is 11.9 Å². The van der Waals surface area contributed by atoms with E-state index in [4.69, 9.17) is 0 Å². The number of piperazine rings is 1. The smallest absolute Gasteiger partial charge is 0.317 e. The number of urea groups is 1. The maximum atomic E-state index is 13.1. The summed E-state index contributed by atoms with van der Waals surface area (Å²) in [4.78, 5) is 34.3. The summed E-state index contributed by atoms with van der Waals surface area (Å²) in [5, 5.41) is 3.07. The van der Waals surface area contributed by atoms with E-state index in [0.29, 0.717) is 12.5 Å². The number of amides is 3. The molecule has 1 spiro atoms. The van der Waals surface area contributed by atoms with Gasteiger partial charge in [-0.1, -0.05) is 30.3 Å². The molecule has 0 aromatic heterocycles. The molecule has 1 unspecified atom stereocenters. The number of benzene rings is 1. The molecule has 1 aromatic carbocycles. The second kappa shape index (κ2) is 9.57. The van der Waals surface area contributed by atoms with Gasteiger partial charge in [-0.25, -0.2) is 4.79 Å². The molecule has 3 saturated heterocycles. The number of carbonyl (C=O) groups excluding carboxylic acids is 2. The summed E-state index contributed by atoms with van der Waals surface area (Å²) in [6, 6.07) is 10.3. The standard InChI is InChI=1S/C24H37N5O2/c1-26-14-16-28(17-15-26)22(30)21-18-24(19-27(21)2)9-12-29(13-10-24)23(31)25-11-8-20-6-4-3-5-7-20/h3-7,21H,8-19H2,1-2H3,(H,25,31). The number of nitrogens with zero attached hydrogens (tertiary/aromatic N) is 4. The lowest BCUT2D eigenvalue weighted by atomic mass is 9.76. The van der Waals surface area contributed by atoms with Gasteiger partial charge in [-0.15, -0.1) is 0 Å². The fourth-order valence-electron chi connectivity index (χ4n) is 5.40. The van der Waals surface area contributed by atoms with Crippen molar-refractivity contribution in [2.24, 2.45) is 5.41 Å². The van der Waals surface area contributed by atoms with Gasteiger partial charge in [0.25, 0.3) is 0 Å². The molecule has 0 aliphatic carbocycles. The predicted octanol–water partition coefficient (Wildman–Crippen LogP) is 1.50. The molecule has 3 aliphatic rings. The Bertz CT molecular complexity index is 754. The maximum Gasteiger partial charge on any atom is 0.317 e. The predicted molar refractivity (Wildman–Crippen MR) is 122 cm³/mol. The summed E-state index contributed by atoms with van der Waals surface area (Å²) in [6.07, 6.45) is 3.75. The van der Waals surface area contributed by atoms with Crippen LogP contribution in [0, 0.1) is 5.41 Å². The van der Waals surface area contributed by atoms with Gasteiger partial charge in [0.05, 0.1) is 6.04 Å². The highest BCUT2D eigenvalue weighted by atomic mass is 16.2. The van der Waals surface area contributed by atoms with Gasteiger partial charge in [0, 0.05) is 52.4 Å². The van der Waals surface area contributed by atoms with Crippen molar-refractivity contribution in [2.45, 2.75) is 31.7 Å². The Labute approximate surface area is 186 Å². The van der Waals surface area contributed by atoms with Gasteiger partial charge in [0.1, 0.15) is 0 Å². The highest BCUT2D eigenvalue weighted by Crippen LogP contribution is 2.43. The van der Waals surface area contributed by atoms with Gasteiger partial charge in [-0.05, 0) is 50.8 Å². The number of carbonyl (C=O) groups is 2. The van der Waals surface area contributed by atoms with Gasteiger partial charge in [-0.2, -0.15) is 0 Å². The van der Waals surface area contributed by atoms with E-state index in [1.807, 2.05) is 23.1 Å². The quantitative estimate of drug-likeness (QED) is 0.791. The molecule has 0 saturated carbocycles. The van der Waals surface area contributed by atoms with Crippen molar-refractivity contribution in [2.75, 3.05) is 66.5 Å². The fourth-order valence-corrected chi connectivity index (χ4v) is 5.40. The highest BCUT2D eigenvalue weighted by Gasteiger charge is 2.48. The zero-order valence-corrected chi connectivity index (χ0v) is 19.1. The molecule has 3 heterocycles. The molecular weight excluding hydrogens is 390 g/mol. The molecule has 31 heavy (non-hydrogen) atoms. The Morgan fingerprint density at radius 1 is 0.968 bits per heavy atom. The summed E-state index contributed by atoms with van der Waals surface area (Å²) < 4.78 is 0. The van der Waals surface area contributed by atoms with Crippen molar-refractivity contribution < 1.29 is 9.59 Å². The first-order valence-corrected chi connectivity index (χ1v) is 11.7. The number of hydrogen-bond acceptors (Lipinski definition) is 4. The van der Waals surface area contributed by atoms with Crippen LogP contribution >= 0.6 is 0 Å². The Balaban J connectivity index is 1.24. The van der Waals surface area contributed by atoms with Crippen molar-refractivity contribution in [1.29, 1.82) is 0 Å². The molecule has 1 aromatic rings. The van der Waals surface area contributed by atoms with Crippen LogP contribution in [0.25, 0.3) is 0 Å². The van der Waals surface area contributed by atoms with Gasteiger partial charge >= 0.3 is 6.03 Å². The Kier molecular flexibility index (Phi) is 6.82. The van der Waals surface area contributed by atoms with Gasteiger partial charge in [0.15, 0.2) is 0 Å². The molecule has 0 bridgehead atoms. The van der Waals surface area contributed by atoms with E-state index >= 15 is 0 Å². The minimum Gasteiger partial charge on any atom is -0.339 e. The molecule has 3 amide bonds. The summed E-state index contributed by atoms with van der Waals surface area (Å²) >= 11 is 0. The van der Waals surface area contributed by atoms with Crippen molar-refractivity contribution in [3.8, 4) is 0 Å². The van der Waals surface area contributed by atoms with Crippen LogP contribution in [-0.4, -0.2) is 104 Å². The molecule has 0 radical (unpaired) electrons. The molecule has 3 fully saturated rings. The lowest BCUT2D eigenvalue weighted by Crippen LogP contribution is -2.52. The first kappa shape index (κ1) is 22.1. The van der Waals surface area contributed by atoms with Crippen LogP contribution in [0.3, 0.4) is 0 Å². The topological polar surface area (TPSA) is 59.1 Å². The highest BCUT2D eigenvalue weighted by molar-refractivity contribution is 5.82. The summed E-state index contributed by atoms with van der Waals surface area (Å²) in [7, 11) is 4.21. The second-order valence-electron chi connectivity index (χ2n) is 9.72. The number of piperidine rings is 1. The number of likely N-dealkylation sites (tertiary alicyclic amines) is 2. The fraction of sp³-hybridized carbons (Fsp3) is 0.667. The number of hydrogen-bond donors (Lipinski definition) is 1. The average Bonchev–Trinajstić information content (AvgIpc) is 3.10. The number of rotatable bonds is 4. The van der Waals surface area contributed by atoms with Crippen LogP contribution in [0.5, 0.6) is 0 Å². The third-order valence-electron chi connectivity index (χ3n) is 7.49. The minimum absolute atomic E-state index is 0.00495. The van der Waals surface area contributed by atoms with Gasteiger partial charge < -0.3 is 20.0 Å². The summed E-state index contributed by atoms with van der Waals surface area (Å²) in [5.74, 6) is 0.300. The second-order valence-corrected chi connectivity index (χ2v) is 9.72. The molecule has 1 N–H and O–H groups in total. The maximum absolute atomic E-state index is 13.1. The van der Waals surface area contributed by atoms with E-state index in [-0.39, 0.29) is 17.5 Å². The number of nitrogens with one attached hydrogen (secondary N) is 1. The molecule has 4 rings (SSSR count). The van der Waals surface area contributed by atoms with E-state index in [1.165, 1.54) is 5.56 Å². The summed E-state index contributed by atoms with van der Waals surface area (Å²) in [5.41, 5.74) is 1.41. The number of likely N-dealkylation sites (N-methyl/N-ethyl adjacent to an activating group) is 2. The third kappa shape index (κ3) is 5.21. The van der Waals surface area contributed by atoms with E-state index in [1.54, 1.807) is 0 Å². The molecular formula is C24H37N5O2. The van der Waals surface area contributed by atoms with Crippen molar-refractivity contribution in [3.05, 3.63) is 35.9 Å². The first-order valence-electron chi connectivity index (χ1n) is 11.7. The van der Waals surface area contributed by atoms with E-state index in [0.717, 1.165) is 71.5 Å². The van der Waals surface area contributed by atoms with Crippen molar-refractivity contribution in [1.82, 2.24) is 24.9 Å². The zero-order chi connectivity index (χ0) is 21.8. The molecule has 7 heteroatoms. The minimum atomic E-state index is -0.00495. The molecule has 1 atom stereocenters. The zero-order valence-electron chi connectivity index (χ0n) is 19.1. The SMILES string of the molecule is CN1CCN(C(=O)C2CC3(CCN(C(=O)NCCc4ccccc4)CC3)CN2C)CC1. The lowest BCUT2D eigenvalue weighted by Gasteiger charge is -2.39. The van der Waals surface area contributed by atoms with Gasteiger partial charge in [-0.3, -0.25) is 9.69 Å². The van der Waals surface area contributed by atoms with Crippen LogP contribution in [0.1, 0.15) is 24.8 Å². The molecule has 7 nitrogen and oxygen atoms in total. The largest absolute Gasteiger partial charge is 0.339 e. The Morgan fingerprint density at radius 3 is 2.32 bits per heavy atom. The normalized spacial score (nSPS) is 24.5. The van der Waals surface area contributed by atoms with Crippen LogP contribution in [0.4, 0.5) is 4.79 Å². The van der Waals surface area contributed by atoms with Crippen molar-refractivity contribution in [3.63, 3.8) is 0 Å². The van der Waals surface area contributed by atoms with Crippen LogP contribution in [0.15, 0.2) is 30.3 Å². The van der Waals surface area contributed by atoms with E-state index in [2.05, 4.69) is 46.2 Å². The Morgan fingerprint density at radius 2 is 1.65 bits per heavy atom. The van der Waals surface area contributed by atoms with Crippen LogP contribution < -0.4 is 5.32 Å². The first-order chi connectivity index (χ1) is 15.0. The summed E-state index contributed by atoms with van der Waals surface area (Å²) in [6.45, 7) is 6.77. The third-order valence-corrected chi connectivity index (χ3v) is 7.49. The molecule has 3 aliphatic heterocycles. The van der Waals surface area contributed by atoms with Crippen LogP contribution in [0.2, 0.25) is 0 Å². The van der Waals surface area contributed by atoms with E-state index in [9.17, 15) is 9.59 Å². The monoisotopic (exact) mass is 427 g/mol.